The Morgan fingerprint density at radius 1 is 1.43 bits per heavy atom. The van der Waals surface area contributed by atoms with Crippen molar-refractivity contribution in [3.63, 3.8) is 0 Å². The maximum atomic E-state index is 6.30. The minimum absolute atomic E-state index is 0.245. The summed E-state index contributed by atoms with van der Waals surface area (Å²) in [4.78, 5) is 0. The fourth-order valence-electron chi connectivity index (χ4n) is 1.52. The maximum absolute atomic E-state index is 6.30. The molecule has 0 saturated carbocycles. The van der Waals surface area contributed by atoms with Gasteiger partial charge in [-0.15, -0.1) is 11.6 Å². The van der Waals surface area contributed by atoms with Gasteiger partial charge in [-0.2, -0.15) is 0 Å². The van der Waals surface area contributed by atoms with Gasteiger partial charge in [0.25, 0.3) is 0 Å². The monoisotopic (exact) mass is 274 g/mol. The van der Waals surface area contributed by atoms with Crippen molar-refractivity contribution in [2.45, 2.75) is 38.0 Å². The Kier molecular flexibility index (Phi) is 4.97. The van der Waals surface area contributed by atoms with Gasteiger partial charge in [-0.25, -0.2) is 0 Å². The smallest absolute Gasteiger partial charge is 0.0401 e. The lowest BCUT2D eigenvalue weighted by atomic mass is 9.95. The van der Waals surface area contributed by atoms with Crippen molar-refractivity contribution in [2.75, 3.05) is 0 Å². The molecule has 0 radical (unpaired) electrons. The first-order valence-electron chi connectivity index (χ1n) is 5.04. The Balaban J connectivity index is 2.73. The molecule has 14 heavy (non-hydrogen) atoms. The van der Waals surface area contributed by atoms with E-state index in [0.717, 1.165) is 17.3 Å². The fraction of sp³-hybridized carbons (Fsp3) is 0.500. The van der Waals surface area contributed by atoms with Gasteiger partial charge in [0.2, 0.25) is 0 Å². The molecule has 0 bridgehead atoms. The second-order valence-electron chi connectivity index (χ2n) is 3.65. The third kappa shape index (κ3) is 3.29. The molecule has 0 aromatic heterocycles. The normalized spacial score (nSPS) is 15.1. The van der Waals surface area contributed by atoms with Crippen LogP contribution in [0.1, 0.15) is 38.2 Å². The molecule has 0 saturated heterocycles. The number of hydrogen-bond donors (Lipinski definition) is 0. The van der Waals surface area contributed by atoms with Crippen LogP contribution < -0.4 is 0 Å². The molecule has 1 aromatic rings. The summed E-state index contributed by atoms with van der Waals surface area (Å²) < 4.78 is 1.13. The average molecular weight is 276 g/mol. The standard InChI is InChI=1S/C12H16BrCl/c1-3-5-12(14)9(2)10-6-4-7-11(13)8-10/h4,6-9,12H,3,5H2,1-2H3. The molecule has 0 nitrogen and oxygen atoms in total. The van der Waals surface area contributed by atoms with Crippen molar-refractivity contribution < 1.29 is 0 Å². The number of benzene rings is 1. The number of alkyl halides is 1. The van der Waals surface area contributed by atoms with E-state index in [1.807, 2.05) is 6.07 Å². The molecule has 0 heterocycles. The maximum Gasteiger partial charge on any atom is 0.0401 e. The number of halogens is 2. The van der Waals surface area contributed by atoms with Gasteiger partial charge >= 0.3 is 0 Å². The van der Waals surface area contributed by atoms with E-state index >= 15 is 0 Å². The first-order chi connectivity index (χ1) is 6.65. The first-order valence-corrected chi connectivity index (χ1v) is 6.27. The zero-order valence-electron chi connectivity index (χ0n) is 8.63. The second-order valence-corrected chi connectivity index (χ2v) is 5.12. The van der Waals surface area contributed by atoms with Crippen molar-refractivity contribution in [2.24, 2.45) is 0 Å². The second kappa shape index (κ2) is 5.77. The minimum Gasteiger partial charge on any atom is -0.122 e. The average Bonchev–Trinajstić information content (AvgIpc) is 2.17. The highest BCUT2D eigenvalue weighted by molar-refractivity contribution is 9.10. The topological polar surface area (TPSA) is 0 Å². The summed E-state index contributed by atoms with van der Waals surface area (Å²) in [6.07, 6.45) is 2.22. The third-order valence-electron chi connectivity index (χ3n) is 2.48. The van der Waals surface area contributed by atoms with Gasteiger partial charge in [0.15, 0.2) is 0 Å². The lowest BCUT2D eigenvalue weighted by Gasteiger charge is -2.17. The Morgan fingerprint density at radius 3 is 2.71 bits per heavy atom. The van der Waals surface area contributed by atoms with Gasteiger partial charge in [0.05, 0.1) is 0 Å². The summed E-state index contributed by atoms with van der Waals surface area (Å²) in [5.74, 6) is 0.425. The van der Waals surface area contributed by atoms with Crippen LogP contribution >= 0.6 is 27.5 Å². The molecule has 0 spiro atoms. The Morgan fingerprint density at radius 2 is 2.14 bits per heavy atom. The van der Waals surface area contributed by atoms with E-state index in [9.17, 15) is 0 Å². The molecule has 0 aliphatic carbocycles. The van der Waals surface area contributed by atoms with Crippen LogP contribution in [-0.2, 0) is 0 Å². The highest BCUT2D eigenvalue weighted by Crippen LogP contribution is 2.27. The Bertz CT molecular complexity index is 285. The summed E-state index contributed by atoms with van der Waals surface area (Å²) in [5.41, 5.74) is 1.31. The van der Waals surface area contributed by atoms with Crippen molar-refractivity contribution in [3.8, 4) is 0 Å². The third-order valence-corrected chi connectivity index (χ3v) is 3.57. The fourth-order valence-corrected chi connectivity index (χ4v) is 2.31. The van der Waals surface area contributed by atoms with Gasteiger partial charge in [0.1, 0.15) is 0 Å². The van der Waals surface area contributed by atoms with Crippen molar-refractivity contribution >= 4 is 27.5 Å². The molecule has 0 amide bonds. The molecule has 78 valence electrons. The molecule has 0 fully saturated rings. The van der Waals surface area contributed by atoms with Crippen molar-refractivity contribution in [1.29, 1.82) is 0 Å². The van der Waals surface area contributed by atoms with E-state index in [1.165, 1.54) is 5.56 Å². The van der Waals surface area contributed by atoms with E-state index in [-0.39, 0.29) is 5.38 Å². The molecular formula is C12H16BrCl. The van der Waals surface area contributed by atoms with E-state index in [0.29, 0.717) is 5.92 Å². The lowest BCUT2D eigenvalue weighted by Crippen LogP contribution is -2.09. The zero-order chi connectivity index (χ0) is 10.6. The van der Waals surface area contributed by atoms with E-state index in [2.05, 4.69) is 48.0 Å². The first kappa shape index (κ1) is 12.1. The van der Waals surface area contributed by atoms with Crippen LogP contribution in [0.15, 0.2) is 28.7 Å². The highest BCUT2D eigenvalue weighted by atomic mass is 79.9. The zero-order valence-corrected chi connectivity index (χ0v) is 11.0. The highest BCUT2D eigenvalue weighted by Gasteiger charge is 2.15. The number of hydrogen-bond acceptors (Lipinski definition) is 0. The van der Waals surface area contributed by atoms with Crippen LogP contribution in [0.3, 0.4) is 0 Å². The van der Waals surface area contributed by atoms with Crippen LogP contribution in [0, 0.1) is 0 Å². The summed E-state index contributed by atoms with van der Waals surface area (Å²) in [5, 5.41) is 0.245. The summed E-state index contributed by atoms with van der Waals surface area (Å²) >= 11 is 9.78. The van der Waals surface area contributed by atoms with Gasteiger partial charge < -0.3 is 0 Å². The summed E-state index contributed by atoms with van der Waals surface area (Å²) in [6.45, 7) is 4.36. The molecule has 1 rings (SSSR count). The SMILES string of the molecule is CCCC(Cl)C(C)c1cccc(Br)c1. The largest absolute Gasteiger partial charge is 0.122 e. The predicted octanol–water partition coefficient (Wildman–Crippen LogP) is 4.96. The summed E-state index contributed by atoms with van der Waals surface area (Å²) in [7, 11) is 0. The number of rotatable bonds is 4. The van der Waals surface area contributed by atoms with Crippen LogP contribution in [-0.4, -0.2) is 5.38 Å². The molecule has 0 aliphatic rings. The lowest BCUT2D eigenvalue weighted by molar-refractivity contribution is 0.633. The van der Waals surface area contributed by atoms with Crippen molar-refractivity contribution in [3.05, 3.63) is 34.3 Å². The van der Waals surface area contributed by atoms with E-state index in [4.69, 9.17) is 11.6 Å². The predicted molar refractivity (Wildman–Crippen MR) is 67.1 cm³/mol. The molecule has 0 N–H and O–H groups in total. The van der Waals surface area contributed by atoms with Crippen LogP contribution in [0.2, 0.25) is 0 Å². The van der Waals surface area contributed by atoms with Gasteiger partial charge in [0, 0.05) is 9.85 Å². The minimum atomic E-state index is 0.245. The van der Waals surface area contributed by atoms with Gasteiger partial charge in [-0.3, -0.25) is 0 Å². The molecule has 1 aromatic carbocycles. The van der Waals surface area contributed by atoms with E-state index in [1.54, 1.807) is 0 Å². The van der Waals surface area contributed by atoms with Gasteiger partial charge in [-0.05, 0) is 30.0 Å². The quantitative estimate of drug-likeness (QED) is 0.681. The van der Waals surface area contributed by atoms with Crippen LogP contribution in [0.25, 0.3) is 0 Å². The van der Waals surface area contributed by atoms with Crippen LogP contribution in [0.5, 0.6) is 0 Å². The molecule has 2 heteroatoms. The molecule has 2 atom stereocenters. The molecular weight excluding hydrogens is 259 g/mol. The van der Waals surface area contributed by atoms with E-state index < -0.39 is 0 Å². The molecule has 2 unspecified atom stereocenters. The summed E-state index contributed by atoms with van der Waals surface area (Å²) in [6, 6.07) is 8.39. The Hall–Kier alpha value is -0.0100. The van der Waals surface area contributed by atoms with Crippen LogP contribution in [0.4, 0.5) is 0 Å². The Labute approximate surface area is 99.8 Å². The van der Waals surface area contributed by atoms with Crippen molar-refractivity contribution in [1.82, 2.24) is 0 Å². The van der Waals surface area contributed by atoms with Gasteiger partial charge in [-0.1, -0.05) is 48.3 Å². The molecule has 0 aliphatic heterocycles.